The predicted molar refractivity (Wildman–Crippen MR) is 77.3 cm³/mol. The minimum Gasteiger partial charge on any atom is -0.481 e. The summed E-state index contributed by atoms with van der Waals surface area (Å²) in [6, 6.07) is 0.954. The Bertz CT molecular complexity index is 292. The lowest BCUT2D eigenvalue weighted by Crippen LogP contribution is -2.47. The Kier molecular flexibility index (Phi) is 5.68. The monoisotopic (exact) mass is 267 g/mol. The third-order valence-corrected chi connectivity index (χ3v) is 5.19. The lowest BCUT2D eigenvalue weighted by molar-refractivity contribution is -0.139. The first-order valence-electron chi connectivity index (χ1n) is 8.18. The van der Waals surface area contributed by atoms with Crippen molar-refractivity contribution < 1.29 is 9.90 Å². The van der Waals surface area contributed by atoms with E-state index >= 15 is 0 Å². The second-order valence-electron chi connectivity index (χ2n) is 6.42. The van der Waals surface area contributed by atoms with Crippen molar-refractivity contribution in [3.05, 3.63) is 0 Å². The Labute approximate surface area is 117 Å². The van der Waals surface area contributed by atoms with Crippen LogP contribution in [0.3, 0.4) is 0 Å². The Hall–Kier alpha value is -0.570. The summed E-state index contributed by atoms with van der Waals surface area (Å²) in [5, 5.41) is 9.09. The molecule has 0 amide bonds. The van der Waals surface area contributed by atoms with Gasteiger partial charge in [0.2, 0.25) is 0 Å². The molecule has 1 aliphatic carbocycles. The van der Waals surface area contributed by atoms with Crippen LogP contribution in [-0.4, -0.2) is 34.6 Å². The summed E-state index contributed by atoms with van der Waals surface area (Å²) in [5.41, 5.74) is 0. The quantitative estimate of drug-likeness (QED) is 0.790. The first-order chi connectivity index (χ1) is 9.20. The van der Waals surface area contributed by atoms with Crippen molar-refractivity contribution >= 4 is 5.97 Å². The van der Waals surface area contributed by atoms with Crippen LogP contribution >= 0.6 is 0 Å². The molecule has 0 aromatic carbocycles. The van der Waals surface area contributed by atoms with Crippen molar-refractivity contribution in [1.82, 2.24) is 4.90 Å². The first-order valence-corrected chi connectivity index (χ1v) is 8.18. The number of carboxylic acid groups (broad SMARTS) is 1. The van der Waals surface area contributed by atoms with E-state index in [9.17, 15) is 4.79 Å². The number of carbonyl (C=O) groups is 1. The molecule has 1 saturated carbocycles. The van der Waals surface area contributed by atoms with Gasteiger partial charge >= 0.3 is 5.97 Å². The van der Waals surface area contributed by atoms with E-state index in [1.165, 1.54) is 51.4 Å². The van der Waals surface area contributed by atoms with Crippen LogP contribution in [0.25, 0.3) is 0 Å². The maximum atomic E-state index is 11.0. The summed E-state index contributed by atoms with van der Waals surface area (Å²) in [4.78, 5) is 13.6. The van der Waals surface area contributed by atoms with E-state index in [1.807, 2.05) is 0 Å². The predicted octanol–water partition coefficient (Wildman–Crippen LogP) is 3.67. The lowest BCUT2D eigenvalue weighted by atomic mass is 9.94. The second kappa shape index (κ2) is 7.28. The summed E-state index contributed by atoms with van der Waals surface area (Å²) >= 11 is 0. The molecular formula is C16H29NO2. The smallest absolute Gasteiger partial charge is 0.304 e. The van der Waals surface area contributed by atoms with Gasteiger partial charge in [0.15, 0.2) is 0 Å². The average Bonchev–Trinajstić information content (AvgIpc) is 2.64. The molecule has 0 aromatic heterocycles. The zero-order valence-corrected chi connectivity index (χ0v) is 12.3. The van der Waals surface area contributed by atoms with Crippen molar-refractivity contribution in [1.29, 1.82) is 0 Å². The van der Waals surface area contributed by atoms with Crippen molar-refractivity contribution in [3.63, 3.8) is 0 Å². The van der Waals surface area contributed by atoms with Crippen LogP contribution in [0.1, 0.15) is 71.1 Å². The zero-order valence-electron chi connectivity index (χ0n) is 12.3. The lowest BCUT2D eigenvalue weighted by Gasteiger charge is -2.40. The molecule has 2 aliphatic rings. The van der Waals surface area contributed by atoms with E-state index < -0.39 is 5.97 Å². The normalized spacial score (nSPS) is 33.8. The fourth-order valence-electron chi connectivity index (χ4n) is 4.02. The first kappa shape index (κ1) is 14.8. The molecule has 3 nitrogen and oxygen atoms in total. The Morgan fingerprint density at radius 1 is 1.11 bits per heavy atom. The van der Waals surface area contributed by atoms with Gasteiger partial charge < -0.3 is 5.11 Å². The van der Waals surface area contributed by atoms with Gasteiger partial charge in [0.1, 0.15) is 0 Å². The summed E-state index contributed by atoms with van der Waals surface area (Å²) in [6.07, 6.45) is 11.8. The number of likely N-dealkylation sites (tertiary alicyclic amines) is 1. The van der Waals surface area contributed by atoms with Crippen molar-refractivity contribution in [2.45, 2.75) is 83.2 Å². The molecule has 19 heavy (non-hydrogen) atoms. The highest BCUT2D eigenvalue weighted by Crippen LogP contribution is 2.32. The molecule has 0 radical (unpaired) electrons. The standard InChI is InChI=1S/C16H29NO2/c1-2-13-6-5-8-14(10-9-13)17-11-4-3-7-15(17)12-16(18)19/h13-15H,2-12H2,1H3,(H,18,19). The summed E-state index contributed by atoms with van der Waals surface area (Å²) in [6.45, 7) is 3.43. The van der Waals surface area contributed by atoms with Gasteiger partial charge in [-0.15, -0.1) is 0 Å². The molecule has 3 heteroatoms. The fourth-order valence-corrected chi connectivity index (χ4v) is 4.02. The fraction of sp³-hybridized carbons (Fsp3) is 0.938. The number of nitrogens with zero attached hydrogens (tertiary/aromatic N) is 1. The molecule has 2 fully saturated rings. The Morgan fingerprint density at radius 2 is 1.95 bits per heavy atom. The van der Waals surface area contributed by atoms with E-state index in [0.29, 0.717) is 18.5 Å². The largest absolute Gasteiger partial charge is 0.481 e. The van der Waals surface area contributed by atoms with Gasteiger partial charge in [-0.05, 0) is 44.6 Å². The molecule has 1 aliphatic heterocycles. The van der Waals surface area contributed by atoms with Crippen LogP contribution in [0, 0.1) is 5.92 Å². The van der Waals surface area contributed by atoms with Gasteiger partial charge in [-0.25, -0.2) is 0 Å². The third kappa shape index (κ3) is 4.20. The molecule has 1 N–H and O–H groups in total. The minimum absolute atomic E-state index is 0.300. The van der Waals surface area contributed by atoms with E-state index in [0.717, 1.165) is 18.9 Å². The Morgan fingerprint density at radius 3 is 2.68 bits per heavy atom. The highest BCUT2D eigenvalue weighted by atomic mass is 16.4. The molecule has 110 valence electrons. The SMILES string of the molecule is CCC1CCCC(N2CCCCC2CC(=O)O)CC1. The highest BCUT2D eigenvalue weighted by molar-refractivity contribution is 5.67. The number of hydrogen-bond donors (Lipinski definition) is 1. The van der Waals surface area contributed by atoms with Gasteiger partial charge in [0, 0.05) is 12.1 Å². The molecule has 0 bridgehead atoms. The maximum absolute atomic E-state index is 11.0. The van der Waals surface area contributed by atoms with Crippen molar-refractivity contribution in [2.24, 2.45) is 5.92 Å². The summed E-state index contributed by atoms with van der Waals surface area (Å²) < 4.78 is 0. The molecule has 3 unspecified atom stereocenters. The van der Waals surface area contributed by atoms with Crippen LogP contribution in [0.5, 0.6) is 0 Å². The van der Waals surface area contributed by atoms with Gasteiger partial charge in [0.25, 0.3) is 0 Å². The maximum Gasteiger partial charge on any atom is 0.304 e. The number of carboxylic acids is 1. The molecule has 0 aromatic rings. The Balaban J connectivity index is 1.94. The zero-order chi connectivity index (χ0) is 13.7. The molecule has 1 heterocycles. The van der Waals surface area contributed by atoms with Crippen LogP contribution in [-0.2, 0) is 4.79 Å². The van der Waals surface area contributed by atoms with Gasteiger partial charge in [-0.2, -0.15) is 0 Å². The topological polar surface area (TPSA) is 40.5 Å². The third-order valence-electron chi connectivity index (χ3n) is 5.19. The number of aliphatic carboxylic acids is 1. The van der Waals surface area contributed by atoms with Gasteiger partial charge in [0.05, 0.1) is 6.42 Å². The van der Waals surface area contributed by atoms with Crippen LogP contribution in [0.15, 0.2) is 0 Å². The molecular weight excluding hydrogens is 238 g/mol. The number of piperidine rings is 1. The average molecular weight is 267 g/mol. The minimum atomic E-state index is -0.628. The molecule has 3 atom stereocenters. The molecule has 0 spiro atoms. The van der Waals surface area contributed by atoms with Gasteiger partial charge in [-0.1, -0.05) is 32.6 Å². The van der Waals surface area contributed by atoms with Crippen LogP contribution < -0.4 is 0 Å². The van der Waals surface area contributed by atoms with Gasteiger partial charge in [-0.3, -0.25) is 9.69 Å². The van der Waals surface area contributed by atoms with E-state index in [2.05, 4.69) is 11.8 Å². The summed E-state index contributed by atoms with van der Waals surface area (Å²) in [7, 11) is 0. The molecule has 2 rings (SSSR count). The number of rotatable bonds is 4. The van der Waals surface area contributed by atoms with Crippen LogP contribution in [0.2, 0.25) is 0 Å². The van der Waals surface area contributed by atoms with E-state index in [-0.39, 0.29) is 0 Å². The number of hydrogen-bond acceptors (Lipinski definition) is 2. The van der Waals surface area contributed by atoms with E-state index in [4.69, 9.17) is 5.11 Å². The summed E-state index contributed by atoms with van der Waals surface area (Å²) in [5.74, 6) is 0.282. The van der Waals surface area contributed by atoms with Crippen LogP contribution in [0.4, 0.5) is 0 Å². The second-order valence-corrected chi connectivity index (χ2v) is 6.42. The highest BCUT2D eigenvalue weighted by Gasteiger charge is 2.31. The molecule has 1 saturated heterocycles. The van der Waals surface area contributed by atoms with E-state index in [1.54, 1.807) is 0 Å². The van der Waals surface area contributed by atoms with Crippen molar-refractivity contribution in [3.8, 4) is 0 Å². The van der Waals surface area contributed by atoms with Crippen molar-refractivity contribution in [2.75, 3.05) is 6.54 Å².